The highest BCUT2D eigenvalue weighted by Crippen LogP contribution is 2.28. The molecule has 5 heteroatoms. The third-order valence-corrected chi connectivity index (χ3v) is 2.95. The normalized spacial score (nSPS) is 10.7. The van der Waals surface area contributed by atoms with Crippen molar-refractivity contribution in [1.29, 1.82) is 0 Å². The summed E-state index contributed by atoms with van der Waals surface area (Å²) in [5.41, 5.74) is 2.09. The van der Waals surface area contributed by atoms with Crippen LogP contribution in [0.15, 0.2) is 42.7 Å². The van der Waals surface area contributed by atoms with Crippen LogP contribution in [0.1, 0.15) is 38.1 Å². The summed E-state index contributed by atoms with van der Waals surface area (Å²) in [5, 5.41) is 6.12. The first-order valence-electron chi connectivity index (χ1n) is 7.74. The fourth-order valence-electron chi connectivity index (χ4n) is 2.06. The van der Waals surface area contributed by atoms with Crippen LogP contribution in [-0.2, 0) is 0 Å². The van der Waals surface area contributed by atoms with Gasteiger partial charge in [0, 0.05) is 12.2 Å². The van der Waals surface area contributed by atoms with Crippen molar-refractivity contribution in [2.45, 2.75) is 39.8 Å². The number of nitrogens with zero attached hydrogens (tertiary/aromatic N) is 1. The largest absolute Gasteiger partial charge is 0.489 e. The molecular weight excluding hydrogens is 290 g/mol. The van der Waals surface area contributed by atoms with E-state index in [1.807, 2.05) is 52.0 Å². The highest BCUT2D eigenvalue weighted by molar-refractivity contribution is 5.95. The van der Waals surface area contributed by atoms with Gasteiger partial charge in [0.05, 0.1) is 29.2 Å². The molecule has 0 aliphatic rings. The number of benzene rings is 1. The van der Waals surface area contributed by atoms with Gasteiger partial charge in [0.2, 0.25) is 0 Å². The Balaban J connectivity index is 2.19. The van der Waals surface area contributed by atoms with Crippen LogP contribution in [0.4, 0.5) is 11.4 Å². The summed E-state index contributed by atoms with van der Waals surface area (Å²) in [5.74, 6) is 0.627. The van der Waals surface area contributed by atoms with E-state index in [-0.39, 0.29) is 18.1 Å². The van der Waals surface area contributed by atoms with Crippen molar-refractivity contribution in [2.75, 3.05) is 5.32 Å². The van der Waals surface area contributed by atoms with Crippen LogP contribution >= 0.6 is 0 Å². The molecule has 122 valence electrons. The van der Waals surface area contributed by atoms with E-state index >= 15 is 0 Å². The van der Waals surface area contributed by atoms with E-state index in [0.717, 1.165) is 17.1 Å². The molecule has 1 aromatic carbocycles. The van der Waals surface area contributed by atoms with Crippen LogP contribution in [-0.4, -0.2) is 23.0 Å². The molecule has 0 aliphatic heterocycles. The average Bonchev–Trinajstić information content (AvgIpc) is 2.48. The van der Waals surface area contributed by atoms with Crippen LogP contribution in [0.3, 0.4) is 0 Å². The number of ether oxygens (including phenoxy) is 1. The van der Waals surface area contributed by atoms with Gasteiger partial charge in [-0.05, 0) is 45.9 Å². The number of carbonyl (C=O) groups is 1. The maximum atomic E-state index is 12.1. The van der Waals surface area contributed by atoms with Crippen LogP contribution in [0.25, 0.3) is 0 Å². The van der Waals surface area contributed by atoms with Crippen molar-refractivity contribution in [3.63, 3.8) is 0 Å². The van der Waals surface area contributed by atoms with Gasteiger partial charge in [-0.3, -0.25) is 9.78 Å². The Bertz CT molecular complexity index is 669. The van der Waals surface area contributed by atoms with Crippen LogP contribution in [0.5, 0.6) is 5.75 Å². The molecule has 23 heavy (non-hydrogen) atoms. The maximum Gasteiger partial charge on any atom is 0.253 e. The smallest absolute Gasteiger partial charge is 0.253 e. The zero-order valence-corrected chi connectivity index (χ0v) is 14.0. The molecule has 0 saturated heterocycles. The van der Waals surface area contributed by atoms with Crippen molar-refractivity contribution >= 4 is 17.3 Å². The summed E-state index contributed by atoms with van der Waals surface area (Å²) in [6, 6.07) is 9.55. The number of aromatic nitrogens is 1. The van der Waals surface area contributed by atoms with Crippen molar-refractivity contribution < 1.29 is 9.53 Å². The summed E-state index contributed by atoms with van der Waals surface area (Å²) >= 11 is 0. The van der Waals surface area contributed by atoms with Gasteiger partial charge in [0.1, 0.15) is 5.75 Å². The Morgan fingerprint density at radius 3 is 2.57 bits per heavy atom. The fourth-order valence-corrected chi connectivity index (χ4v) is 2.06. The number of para-hydroxylation sites is 2. The molecule has 2 aromatic rings. The lowest BCUT2D eigenvalue weighted by Crippen LogP contribution is -2.30. The molecule has 2 rings (SSSR count). The van der Waals surface area contributed by atoms with E-state index in [0.29, 0.717) is 5.56 Å². The number of amides is 1. The summed E-state index contributed by atoms with van der Waals surface area (Å²) in [6.07, 6.45) is 3.32. The van der Waals surface area contributed by atoms with Gasteiger partial charge < -0.3 is 15.4 Å². The van der Waals surface area contributed by atoms with Gasteiger partial charge in [0.25, 0.3) is 5.91 Å². The molecule has 1 amide bonds. The predicted octanol–water partition coefficient (Wildman–Crippen LogP) is 3.75. The lowest BCUT2D eigenvalue weighted by molar-refractivity contribution is 0.0943. The molecular formula is C18H23N3O2. The van der Waals surface area contributed by atoms with Gasteiger partial charge in [-0.1, -0.05) is 12.1 Å². The van der Waals surface area contributed by atoms with Gasteiger partial charge >= 0.3 is 0 Å². The minimum Gasteiger partial charge on any atom is -0.489 e. The molecule has 0 bridgehead atoms. The van der Waals surface area contributed by atoms with Crippen LogP contribution < -0.4 is 15.4 Å². The zero-order valence-electron chi connectivity index (χ0n) is 14.0. The second-order valence-corrected chi connectivity index (χ2v) is 5.88. The zero-order chi connectivity index (χ0) is 16.8. The molecule has 2 N–H and O–H groups in total. The number of hydrogen-bond acceptors (Lipinski definition) is 4. The van der Waals surface area contributed by atoms with Crippen molar-refractivity contribution in [1.82, 2.24) is 10.3 Å². The summed E-state index contributed by atoms with van der Waals surface area (Å²) in [6.45, 7) is 7.81. The van der Waals surface area contributed by atoms with E-state index in [2.05, 4.69) is 15.6 Å². The van der Waals surface area contributed by atoms with E-state index in [9.17, 15) is 4.79 Å². The molecule has 0 unspecified atom stereocenters. The first kappa shape index (κ1) is 16.8. The SMILES string of the molecule is CC(C)NC(=O)c1cncc(Nc2ccccc2OC(C)C)c1. The standard InChI is InChI=1S/C18H23N3O2/c1-12(2)20-18(22)14-9-15(11-19-10-14)21-16-7-5-6-8-17(16)23-13(3)4/h5-13,21H,1-4H3,(H,20,22). The third-order valence-electron chi connectivity index (χ3n) is 2.95. The number of anilines is 2. The number of pyridine rings is 1. The highest BCUT2D eigenvalue weighted by Gasteiger charge is 2.10. The molecule has 1 heterocycles. The number of rotatable bonds is 6. The molecule has 5 nitrogen and oxygen atoms in total. The number of hydrogen-bond donors (Lipinski definition) is 2. The third kappa shape index (κ3) is 4.98. The number of nitrogens with one attached hydrogen (secondary N) is 2. The Hall–Kier alpha value is -2.56. The predicted molar refractivity (Wildman–Crippen MR) is 92.3 cm³/mol. The summed E-state index contributed by atoms with van der Waals surface area (Å²) < 4.78 is 5.79. The average molecular weight is 313 g/mol. The lowest BCUT2D eigenvalue weighted by atomic mass is 10.2. The second-order valence-electron chi connectivity index (χ2n) is 5.88. The van der Waals surface area contributed by atoms with Crippen LogP contribution in [0, 0.1) is 0 Å². The molecule has 0 saturated carbocycles. The van der Waals surface area contributed by atoms with Crippen molar-refractivity contribution in [2.24, 2.45) is 0 Å². The minimum absolute atomic E-state index is 0.0826. The van der Waals surface area contributed by atoms with E-state index in [1.54, 1.807) is 18.5 Å². The minimum atomic E-state index is -0.136. The molecule has 0 fully saturated rings. The summed E-state index contributed by atoms with van der Waals surface area (Å²) in [7, 11) is 0. The molecule has 0 aliphatic carbocycles. The van der Waals surface area contributed by atoms with Crippen molar-refractivity contribution in [3.8, 4) is 5.75 Å². The highest BCUT2D eigenvalue weighted by atomic mass is 16.5. The quantitative estimate of drug-likeness (QED) is 0.852. The van der Waals surface area contributed by atoms with Crippen LogP contribution in [0.2, 0.25) is 0 Å². The van der Waals surface area contributed by atoms with Gasteiger partial charge in [-0.25, -0.2) is 0 Å². The molecule has 0 radical (unpaired) electrons. The molecule has 0 spiro atoms. The first-order valence-corrected chi connectivity index (χ1v) is 7.74. The monoisotopic (exact) mass is 313 g/mol. The van der Waals surface area contributed by atoms with Gasteiger partial charge in [-0.15, -0.1) is 0 Å². The van der Waals surface area contributed by atoms with Gasteiger partial charge in [0.15, 0.2) is 0 Å². The maximum absolute atomic E-state index is 12.1. The Morgan fingerprint density at radius 2 is 1.87 bits per heavy atom. The molecule has 0 atom stereocenters. The second kappa shape index (κ2) is 7.63. The Labute approximate surface area is 137 Å². The lowest BCUT2D eigenvalue weighted by Gasteiger charge is -2.15. The van der Waals surface area contributed by atoms with E-state index in [4.69, 9.17) is 4.74 Å². The number of carbonyl (C=O) groups excluding carboxylic acids is 1. The Morgan fingerprint density at radius 1 is 1.13 bits per heavy atom. The Kier molecular flexibility index (Phi) is 5.57. The summed E-state index contributed by atoms with van der Waals surface area (Å²) in [4.78, 5) is 16.2. The first-order chi connectivity index (χ1) is 11.0. The van der Waals surface area contributed by atoms with Crippen molar-refractivity contribution in [3.05, 3.63) is 48.3 Å². The fraction of sp³-hybridized carbons (Fsp3) is 0.333. The topological polar surface area (TPSA) is 63.2 Å². The van der Waals surface area contributed by atoms with E-state index in [1.165, 1.54) is 0 Å². The van der Waals surface area contributed by atoms with Gasteiger partial charge in [-0.2, -0.15) is 0 Å². The molecule has 1 aromatic heterocycles. The van der Waals surface area contributed by atoms with E-state index < -0.39 is 0 Å².